The van der Waals surface area contributed by atoms with Gasteiger partial charge in [-0.2, -0.15) is 0 Å². The predicted octanol–water partition coefficient (Wildman–Crippen LogP) is 4.80. The van der Waals surface area contributed by atoms with E-state index in [-0.39, 0.29) is 17.7 Å². The Labute approximate surface area is 221 Å². The summed E-state index contributed by atoms with van der Waals surface area (Å²) in [5.41, 5.74) is 2.19. The number of carbonyl (C=O) groups excluding carboxylic acids is 1. The number of furan rings is 1. The second-order valence-corrected chi connectivity index (χ2v) is 9.88. The summed E-state index contributed by atoms with van der Waals surface area (Å²) in [6.07, 6.45) is 3.51. The molecule has 0 spiro atoms. The lowest BCUT2D eigenvalue weighted by Crippen LogP contribution is -2.44. The molecule has 8 nitrogen and oxygen atoms in total. The van der Waals surface area contributed by atoms with Crippen molar-refractivity contribution in [3.63, 3.8) is 0 Å². The number of aromatic nitrogens is 3. The maximum absolute atomic E-state index is 12.8. The maximum atomic E-state index is 12.8. The van der Waals surface area contributed by atoms with Gasteiger partial charge in [-0.15, -0.1) is 10.2 Å². The van der Waals surface area contributed by atoms with Crippen LogP contribution in [-0.4, -0.2) is 57.1 Å². The second-order valence-electron chi connectivity index (χ2n) is 8.94. The van der Waals surface area contributed by atoms with Gasteiger partial charge in [-0.3, -0.25) is 14.3 Å². The Bertz CT molecular complexity index is 1270. The van der Waals surface area contributed by atoms with Gasteiger partial charge in [-0.1, -0.05) is 42.1 Å². The van der Waals surface area contributed by atoms with E-state index in [1.54, 1.807) is 6.26 Å². The van der Waals surface area contributed by atoms with Crippen LogP contribution in [0.1, 0.15) is 25.3 Å². The van der Waals surface area contributed by atoms with Crippen LogP contribution in [0.15, 0.2) is 82.6 Å². The van der Waals surface area contributed by atoms with Gasteiger partial charge < -0.3 is 14.5 Å². The molecule has 9 heteroatoms. The highest BCUT2D eigenvalue weighted by atomic mass is 32.2. The zero-order chi connectivity index (χ0) is 25.5. The highest BCUT2D eigenvalue weighted by Crippen LogP contribution is 2.29. The molecule has 0 aliphatic carbocycles. The molecule has 2 aromatic carbocycles. The third-order valence-corrected chi connectivity index (χ3v) is 7.24. The first kappa shape index (κ1) is 25.1. The van der Waals surface area contributed by atoms with E-state index in [4.69, 9.17) is 9.15 Å². The Kier molecular flexibility index (Phi) is 8.22. The molecule has 1 aliphatic heterocycles. The molecule has 0 unspecified atom stereocenters. The van der Waals surface area contributed by atoms with Gasteiger partial charge >= 0.3 is 0 Å². The van der Waals surface area contributed by atoms with Crippen molar-refractivity contribution in [1.29, 1.82) is 0 Å². The summed E-state index contributed by atoms with van der Waals surface area (Å²) in [5.74, 6) is 2.26. The molecule has 1 N–H and O–H groups in total. The molecule has 192 valence electrons. The van der Waals surface area contributed by atoms with Crippen molar-refractivity contribution in [2.45, 2.75) is 37.5 Å². The molecule has 1 fully saturated rings. The molecule has 1 saturated heterocycles. The minimum absolute atomic E-state index is 0.00676. The number of nitrogens with one attached hydrogen (secondary N) is 1. The van der Waals surface area contributed by atoms with E-state index in [0.29, 0.717) is 23.3 Å². The molecular formula is C28H31N5O3S. The fraction of sp³-hybridized carbons (Fsp3) is 0.321. The quantitative estimate of drug-likeness (QED) is 0.303. The Balaban J connectivity index is 1.19. The summed E-state index contributed by atoms with van der Waals surface area (Å²) in [4.78, 5) is 15.3. The standard InChI is InChI=1S/C28H31N5O3S/c1-2-35-24-12-10-23(11-13-24)33-27(25-9-6-18-36-25)30-31-28(33)37-20-26(34)29-22-14-16-32(17-15-22)19-21-7-4-3-5-8-21/h3-13,18,22H,2,14-17,19-20H2,1H3,(H,29,34). The number of likely N-dealkylation sites (tertiary alicyclic amines) is 1. The van der Waals surface area contributed by atoms with Crippen LogP contribution in [0.4, 0.5) is 0 Å². The first-order valence-corrected chi connectivity index (χ1v) is 13.6. The van der Waals surface area contributed by atoms with Crippen molar-refractivity contribution in [1.82, 2.24) is 25.0 Å². The van der Waals surface area contributed by atoms with E-state index in [0.717, 1.165) is 43.9 Å². The van der Waals surface area contributed by atoms with Crippen molar-refractivity contribution in [3.8, 4) is 23.0 Å². The summed E-state index contributed by atoms with van der Waals surface area (Å²) >= 11 is 1.37. The number of hydrogen-bond donors (Lipinski definition) is 1. The molecule has 1 aliphatic rings. The fourth-order valence-electron chi connectivity index (χ4n) is 4.50. The van der Waals surface area contributed by atoms with Crippen LogP contribution in [-0.2, 0) is 11.3 Å². The minimum atomic E-state index is 0.00676. The topological polar surface area (TPSA) is 85.4 Å². The average molecular weight is 518 g/mol. The highest BCUT2D eigenvalue weighted by Gasteiger charge is 2.22. The summed E-state index contributed by atoms with van der Waals surface area (Å²) in [6.45, 7) is 5.47. The summed E-state index contributed by atoms with van der Waals surface area (Å²) < 4.78 is 13.1. The number of thioether (sulfide) groups is 1. The van der Waals surface area contributed by atoms with Crippen LogP contribution < -0.4 is 10.1 Å². The molecule has 5 rings (SSSR count). The Hall–Kier alpha value is -3.56. The number of benzene rings is 2. The Morgan fingerprint density at radius 2 is 1.84 bits per heavy atom. The third-order valence-electron chi connectivity index (χ3n) is 6.31. The van der Waals surface area contributed by atoms with Crippen LogP contribution in [0, 0.1) is 0 Å². The van der Waals surface area contributed by atoms with E-state index >= 15 is 0 Å². The predicted molar refractivity (Wildman–Crippen MR) is 144 cm³/mol. The largest absolute Gasteiger partial charge is 0.494 e. The van der Waals surface area contributed by atoms with E-state index < -0.39 is 0 Å². The summed E-state index contributed by atoms with van der Waals surface area (Å²) in [5, 5.41) is 12.6. The molecule has 3 heterocycles. The maximum Gasteiger partial charge on any atom is 0.230 e. The third kappa shape index (κ3) is 6.42. The van der Waals surface area contributed by atoms with Crippen molar-refractivity contribution in [2.75, 3.05) is 25.4 Å². The first-order valence-electron chi connectivity index (χ1n) is 12.6. The number of carbonyl (C=O) groups is 1. The van der Waals surface area contributed by atoms with Crippen LogP contribution in [0.5, 0.6) is 5.75 Å². The Morgan fingerprint density at radius 3 is 2.54 bits per heavy atom. The van der Waals surface area contributed by atoms with Gasteiger partial charge in [0.15, 0.2) is 10.9 Å². The van der Waals surface area contributed by atoms with Crippen molar-refractivity contribution < 1.29 is 13.9 Å². The van der Waals surface area contributed by atoms with Crippen LogP contribution >= 0.6 is 11.8 Å². The van der Waals surface area contributed by atoms with Crippen molar-refractivity contribution in [2.24, 2.45) is 0 Å². The van der Waals surface area contributed by atoms with Gasteiger partial charge in [0, 0.05) is 25.7 Å². The van der Waals surface area contributed by atoms with E-state index in [2.05, 4.69) is 44.7 Å². The number of amides is 1. The first-order chi connectivity index (χ1) is 18.2. The normalized spacial score (nSPS) is 14.5. The monoisotopic (exact) mass is 517 g/mol. The number of ether oxygens (including phenoxy) is 1. The van der Waals surface area contributed by atoms with Crippen molar-refractivity contribution in [3.05, 3.63) is 78.6 Å². The van der Waals surface area contributed by atoms with Crippen LogP contribution in [0.3, 0.4) is 0 Å². The van der Waals surface area contributed by atoms with Crippen molar-refractivity contribution >= 4 is 17.7 Å². The minimum Gasteiger partial charge on any atom is -0.494 e. The second kappa shape index (κ2) is 12.1. The fourth-order valence-corrected chi connectivity index (χ4v) is 5.26. The molecule has 2 aromatic heterocycles. The lowest BCUT2D eigenvalue weighted by Gasteiger charge is -2.32. The van der Waals surface area contributed by atoms with Gasteiger partial charge in [0.2, 0.25) is 11.7 Å². The zero-order valence-electron chi connectivity index (χ0n) is 20.9. The molecular weight excluding hydrogens is 486 g/mol. The van der Waals surface area contributed by atoms with Gasteiger partial charge in [0.1, 0.15) is 5.75 Å². The molecule has 0 bridgehead atoms. The molecule has 4 aromatic rings. The lowest BCUT2D eigenvalue weighted by atomic mass is 10.0. The molecule has 0 atom stereocenters. The van der Waals surface area contributed by atoms with E-state index in [1.807, 2.05) is 54.0 Å². The number of nitrogens with zero attached hydrogens (tertiary/aromatic N) is 4. The zero-order valence-corrected chi connectivity index (χ0v) is 21.7. The number of rotatable bonds is 10. The van der Waals surface area contributed by atoms with Crippen LogP contribution in [0.25, 0.3) is 17.3 Å². The number of piperidine rings is 1. The number of hydrogen-bond acceptors (Lipinski definition) is 7. The molecule has 0 saturated carbocycles. The molecule has 0 radical (unpaired) electrons. The van der Waals surface area contributed by atoms with Gasteiger partial charge in [0.25, 0.3) is 0 Å². The lowest BCUT2D eigenvalue weighted by molar-refractivity contribution is -0.119. The average Bonchev–Trinajstić information content (AvgIpc) is 3.60. The van der Waals surface area contributed by atoms with Gasteiger partial charge in [-0.05, 0) is 61.7 Å². The summed E-state index contributed by atoms with van der Waals surface area (Å²) in [7, 11) is 0. The smallest absolute Gasteiger partial charge is 0.230 e. The molecule has 1 amide bonds. The van der Waals surface area contributed by atoms with Crippen LogP contribution in [0.2, 0.25) is 0 Å². The Morgan fingerprint density at radius 1 is 1.05 bits per heavy atom. The molecule has 37 heavy (non-hydrogen) atoms. The SMILES string of the molecule is CCOc1ccc(-n2c(SCC(=O)NC3CCN(Cc4ccccc4)CC3)nnc2-c2ccco2)cc1. The van der Waals surface area contributed by atoms with Gasteiger partial charge in [-0.25, -0.2) is 0 Å². The summed E-state index contributed by atoms with van der Waals surface area (Å²) in [6, 6.07) is 22.1. The highest BCUT2D eigenvalue weighted by molar-refractivity contribution is 7.99. The van der Waals surface area contributed by atoms with E-state index in [1.165, 1.54) is 17.3 Å². The van der Waals surface area contributed by atoms with Gasteiger partial charge in [0.05, 0.1) is 24.3 Å². The van der Waals surface area contributed by atoms with E-state index in [9.17, 15) is 4.79 Å².